The van der Waals surface area contributed by atoms with Gasteiger partial charge < -0.3 is 19.9 Å². The van der Waals surface area contributed by atoms with Crippen molar-refractivity contribution in [1.82, 2.24) is 15.1 Å². The molecule has 1 heterocycles. The van der Waals surface area contributed by atoms with E-state index in [2.05, 4.69) is 27.4 Å². The fourth-order valence-corrected chi connectivity index (χ4v) is 1.87. The normalized spacial score (nSPS) is 9.48. The van der Waals surface area contributed by atoms with Gasteiger partial charge in [-0.2, -0.15) is 5.12 Å². The molecular weight excluding hydrogens is 328 g/mol. The number of urea groups is 1. The number of ether oxygens (including phenoxy) is 3. The van der Waals surface area contributed by atoms with Crippen molar-refractivity contribution in [1.29, 1.82) is 0 Å². The first-order chi connectivity index (χ1) is 11.9. The maximum atomic E-state index is 9.60. The van der Waals surface area contributed by atoms with E-state index in [1.807, 2.05) is 12.1 Å². The third-order valence-corrected chi connectivity index (χ3v) is 3.05. The molecule has 10 heteroatoms. The van der Waals surface area contributed by atoms with Crippen LogP contribution < -0.4 is 31.6 Å². The number of rotatable bonds is 5. The SMILES string of the molecule is COc1cc(OC)c(OC)cc1Cc1cncnc1.NC(=O)N(N)N. The smallest absolute Gasteiger partial charge is 0.343 e. The fraction of sp³-hybridized carbons (Fsp3) is 0.267. The minimum absolute atomic E-state index is 0.306. The lowest BCUT2D eigenvalue weighted by Gasteiger charge is -2.13. The highest BCUT2D eigenvalue weighted by atomic mass is 16.5. The van der Waals surface area contributed by atoms with Gasteiger partial charge in [-0.05, 0) is 11.6 Å². The number of methoxy groups -OCH3 is 3. The molecule has 1 aromatic carbocycles. The Morgan fingerprint density at radius 1 is 1.00 bits per heavy atom. The van der Waals surface area contributed by atoms with E-state index in [1.54, 1.807) is 33.7 Å². The van der Waals surface area contributed by atoms with Gasteiger partial charge >= 0.3 is 6.03 Å². The number of amides is 2. The van der Waals surface area contributed by atoms with Gasteiger partial charge in [0, 0.05) is 30.4 Å². The van der Waals surface area contributed by atoms with Crippen LogP contribution in [0.5, 0.6) is 17.2 Å². The molecule has 0 fully saturated rings. The Balaban J connectivity index is 0.000000450. The zero-order valence-corrected chi connectivity index (χ0v) is 14.3. The van der Waals surface area contributed by atoms with Crippen molar-refractivity contribution in [3.05, 3.63) is 42.0 Å². The molecule has 0 aliphatic heterocycles. The Bertz CT molecular complexity index is 681. The zero-order chi connectivity index (χ0) is 18.8. The quantitative estimate of drug-likeness (QED) is 0.393. The van der Waals surface area contributed by atoms with Crippen LogP contribution in [-0.2, 0) is 6.42 Å². The van der Waals surface area contributed by atoms with Crippen LogP contribution in [0, 0.1) is 0 Å². The standard InChI is InChI=1S/C14H16N2O3.CH6N4O/c1-17-12-6-14(19-3)13(18-2)5-11(12)4-10-7-15-9-16-8-10;2-1(6)5(3)4/h5-9H,4H2,1-3H3;3-4H2,(H2,2,6). The second-order valence-electron chi connectivity index (χ2n) is 4.69. The van der Waals surface area contributed by atoms with E-state index in [0.717, 1.165) is 16.9 Å². The molecule has 136 valence electrons. The average molecular weight is 350 g/mol. The third kappa shape index (κ3) is 6.12. The Morgan fingerprint density at radius 3 is 1.92 bits per heavy atom. The van der Waals surface area contributed by atoms with Crippen LogP contribution in [0.2, 0.25) is 0 Å². The van der Waals surface area contributed by atoms with E-state index in [-0.39, 0.29) is 0 Å². The molecule has 2 amide bonds. The van der Waals surface area contributed by atoms with Gasteiger partial charge in [0.1, 0.15) is 12.1 Å². The minimum atomic E-state index is -0.852. The van der Waals surface area contributed by atoms with Crippen molar-refractivity contribution < 1.29 is 19.0 Å². The number of benzene rings is 1. The Labute approximate surface area is 145 Å². The molecule has 0 unspecified atom stereocenters. The summed E-state index contributed by atoms with van der Waals surface area (Å²) in [4.78, 5) is 17.6. The van der Waals surface area contributed by atoms with Crippen LogP contribution in [0.1, 0.15) is 11.1 Å². The summed E-state index contributed by atoms with van der Waals surface area (Å²) in [5.74, 6) is 11.2. The predicted molar refractivity (Wildman–Crippen MR) is 90.7 cm³/mol. The van der Waals surface area contributed by atoms with Crippen molar-refractivity contribution in [2.24, 2.45) is 17.4 Å². The first kappa shape index (κ1) is 19.9. The van der Waals surface area contributed by atoms with Crippen LogP contribution in [0.15, 0.2) is 30.9 Å². The van der Waals surface area contributed by atoms with E-state index in [9.17, 15) is 4.79 Å². The summed E-state index contributed by atoms with van der Waals surface area (Å²) >= 11 is 0. The van der Waals surface area contributed by atoms with Crippen molar-refractivity contribution in [3.63, 3.8) is 0 Å². The van der Waals surface area contributed by atoms with E-state index >= 15 is 0 Å². The molecule has 0 spiro atoms. The van der Waals surface area contributed by atoms with Crippen LogP contribution in [0.25, 0.3) is 0 Å². The fourth-order valence-electron chi connectivity index (χ4n) is 1.87. The number of hydrazine groups is 2. The van der Waals surface area contributed by atoms with Crippen molar-refractivity contribution in [2.45, 2.75) is 6.42 Å². The predicted octanol–water partition coefficient (Wildman–Crippen LogP) is 0.208. The van der Waals surface area contributed by atoms with Crippen molar-refractivity contribution in [2.75, 3.05) is 21.3 Å². The maximum absolute atomic E-state index is 9.60. The van der Waals surface area contributed by atoms with Crippen LogP contribution >= 0.6 is 0 Å². The molecule has 2 rings (SSSR count). The third-order valence-electron chi connectivity index (χ3n) is 3.05. The lowest BCUT2D eigenvalue weighted by molar-refractivity contribution is 0.210. The monoisotopic (exact) mass is 350 g/mol. The van der Waals surface area contributed by atoms with Gasteiger partial charge in [-0.1, -0.05) is 0 Å². The number of nitrogens with zero attached hydrogens (tertiary/aromatic N) is 3. The molecule has 25 heavy (non-hydrogen) atoms. The summed E-state index contributed by atoms with van der Waals surface area (Å²) in [5.41, 5.74) is 6.47. The molecule has 0 aliphatic carbocycles. The molecule has 1 aromatic heterocycles. The Kier molecular flexibility index (Phi) is 7.90. The van der Waals surface area contributed by atoms with E-state index in [4.69, 9.17) is 14.2 Å². The Hall–Kier alpha value is -3.11. The highest BCUT2D eigenvalue weighted by Crippen LogP contribution is 2.35. The van der Waals surface area contributed by atoms with Gasteiger partial charge in [0.15, 0.2) is 11.5 Å². The zero-order valence-electron chi connectivity index (χ0n) is 14.3. The van der Waals surface area contributed by atoms with Gasteiger partial charge in [0.05, 0.1) is 21.3 Å². The Morgan fingerprint density at radius 2 is 1.48 bits per heavy atom. The second kappa shape index (κ2) is 9.90. The van der Waals surface area contributed by atoms with E-state index < -0.39 is 6.03 Å². The lowest BCUT2D eigenvalue weighted by atomic mass is 10.1. The summed E-state index contributed by atoms with van der Waals surface area (Å²) in [6.45, 7) is 0. The van der Waals surface area contributed by atoms with Crippen molar-refractivity contribution >= 4 is 6.03 Å². The van der Waals surface area contributed by atoms with Gasteiger partial charge in [0.2, 0.25) is 0 Å². The van der Waals surface area contributed by atoms with E-state index in [0.29, 0.717) is 23.0 Å². The molecule has 2 aromatic rings. The van der Waals surface area contributed by atoms with Crippen LogP contribution in [0.3, 0.4) is 0 Å². The molecule has 0 saturated carbocycles. The number of nitrogens with two attached hydrogens (primary N) is 3. The summed E-state index contributed by atoms with van der Waals surface area (Å²) in [7, 11) is 4.84. The molecule has 0 saturated heterocycles. The second-order valence-corrected chi connectivity index (χ2v) is 4.69. The van der Waals surface area contributed by atoms with Crippen LogP contribution in [0.4, 0.5) is 4.79 Å². The molecular formula is C15H22N6O4. The van der Waals surface area contributed by atoms with Crippen molar-refractivity contribution in [3.8, 4) is 17.2 Å². The average Bonchev–Trinajstić information content (AvgIpc) is 2.62. The molecule has 0 atom stereocenters. The lowest BCUT2D eigenvalue weighted by Crippen LogP contribution is -2.46. The highest BCUT2D eigenvalue weighted by molar-refractivity contribution is 5.70. The number of aromatic nitrogens is 2. The number of hydrogen-bond acceptors (Lipinski definition) is 8. The number of hydrogen-bond donors (Lipinski definition) is 3. The number of primary amides is 1. The summed E-state index contributed by atoms with van der Waals surface area (Å²) < 4.78 is 15.9. The minimum Gasteiger partial charge on any atom is -0.496 e. The number of carbonyl (C=O) groups is 1. The number of carbonyl (C=O) groups excluding carboxylic acids is 1. The van der Waals surface area contributed by atoms with Gasteiger partial charge in [0.25, 0.3) is 0 Å². The summed E-state index contributed by atoms with van der Waals surface area (Å²) in [6.07, 6.45) is 5.74. The van der Waals surface area contributed by atoms with Gasteiger partial charge in [-0.25, -0.2) is 26.4 Å². The molecule has 10 nitrogen and oxygen atoms in total. The molecule has 0 bridgehead atoms. The maximum Gasteiger partial charge on any atom is 0.343 e. The first-order valence-electron chi connectivity index (χ1n) is 7.04. The van der Waals surface area contributed by atoms with Crippen LogP contribution in [-0.4, -0.2) is 42.4 Å². The highest BCUT2D eigenvalue weighted by Gasteiger charge is 2.12. The summed E-state index contributed by atoms with van der Waals surface area (Å²) in [5, 5.41) is 0.306. The largest absolute Gasteiger partial charge is 0.496 e. The molecule has 0 radical (unpaired) electrons. The van der Waals surface area contributed by atoms with Gasteiger partial charge in [-0.3, -0.25) is 0 Å². The summed E-state index contributed by atoms with van der Waals surface area (Å²) in [6, 6.07) is 2.87. The topological polar surface area (TPSA) is 152 Å². The van der Waals surface area contributed by atoms with Gasteiger partial charge in [-0.15, -0.1) is 0 Å². The van der Waals surface area contributed by atoms with E-state index in [1.165, 1.54) is 6.33 Å². The molecule has 0 aliphatic rings. The molecule has 6 N–H and O–H groups in total. The first-order valence-corrected chi connectivity index (χ1v) is 7.04.